The highest BCUT2D eigenvalue weighted by atomic mass is 79.9. The number of ether oxygens (including phenoxy) is 2. The van der Waals surface area contributed by atoms with E-state index in [0.29, 0.717) is 30.2 Å². The van der Waals surface area contributed by atoms with Gasteiger partial charge in [0.1, 0.15) is 5.52 Å². The zero-order valence-electron chi connectivity index (χ0n) is 15.6. The molecule has 0 radical (unpaired) electrons. The fraction of sp³-hybridized carbons (Fsp3) is 0.300. The van der Waals surface area contributed by atoms with Gasteiger partial charge in [-0.1, -0.05) is 23.5 Å². The minimum atomic E-state index is 0.0582. The van der Waals surface area contributed by atoms with Crippen LogP contribution in [-0.4, -0.2) is 56.2 Å². The number of carbonyl (C=O) groups excluding carboxylic acids is 1. The lowest BCUT2D eigenvalue weighted by Crippen LogP contribution is -2.48. The van der Waals surface area contributed by atoms with Gasteiger partial charge in [0.25, 0.3) is 5.91 Å². The predicted molar refractivity (Wildman–Crippen MR) is 115 cm³/mol. The van der Waals surface area contributed by atoms with E-state index in [1.807, 2.05) is 41.3 Å². The summed E-state index contributed by atoms with van der Waals surface area (Å²) in [6.45, 7) is 2.82. The van der Waals surface area contributed by atoms with Crippen molar-refractivity contribution in [2.75, 3.05) is 45.3 Å². The molecule has 0 N–H and O–H groups in total. The van der Waals surface area contributed by atoms with Gasteiger partial charge in [0.05, 0.1) is 24.5 Å². The minimum Gasteiger partial charge on any atom is -0.493 e. The molecule has 28 heavy (non-hydrogen) atoms. The summed E-state index contributed by atoms with van der Waals surface area (Å²) < 4.78 is 12.8. The number of thiazole rings is 1. The molecule has 2 aromatic carbocycles. The highest BCUT2D eigenvalue weighted by Crippen LogP contribution is 2.40. The summed E-state index contributed by atoms with van der Waals surface area (Å²) in [6, 6.07) is 11.5. The number of fused-ring (bicyclic) bond motifs is 1. The van der Waals surface area contributed by atoms with E-state index in [2.05, 4.69) is 20.8 Å². The molecule has 0 bridgehead atoms. The molecule has 1 saturated heterocycles. The molecule has 4 rings (SSSR count). The van der Waals surface area contributed by atoms with Gasteiger partial charge in [-0.3, -0.25) is 4.79 Å². The summed E-state index contributed by atoms with van der Waals surface area (Å²) in [6.07, 6.45) is 0. The number of aromatic nitrogens is 1. The lowest BCUT2D eigenvalue weighted by atomic mass is 10.2. The highest BCUT2D eigenvalue weighted by Gasteiger charge is 2.25. The highest BCUT2D eigenvalue weighted by molar-refractivity contribution is 9.10. The van der Waals surface area contributed by atoms with E-state index in [9.17, 15) is 4.79 Å². The fourth-order valence-electron chi connectivity index (χ4n) is 3.34. The molecular formula is C20H20BrN3O3S. The number of nitrogens with zero attached hydrogens (tertiary/aromatic N) is 3. The van der Waals surface area contributed by atoms with Crippen LogP contribution in [0.2, 0.25) is 0 Å². The zero-order chi connectivity index (χ0) is 19.7. The standard InChI is InChI=1S/C20H20BrN3O3S/c1-26-15-7-8-16-17(18(15)27-2)22-20(28-16)24-11-9-23(10-12-24)19(25)13-5-3-4-6-14(13)21/h3-8H,9-12H2,1-2H3. The first kappa shape index (κ1) is 19.0. The largest absolute Gasteiger partial charge is 0.493 e. The average molecular weight is 462 g/mol. The van der Waals surface area contributed by atoms with E-state index in [4.69, 9.17) is 14.5 Å². The normalized spacial score (nSPS) is 14.4. The number of piperazine rings is 1. The Labute approximate surface area is 175 Å². The molecule has 1 aliphatic heterocycles. The number of amides is 1. The van der Waals surface area contributed by atoms with Crippen molar-refractivity contribution in [2.24, 2.45) is 0 Å². The Bertz CT molecular complexity index is 1020. The van der Waals surface area contributed by atoms with E-state index >= 15 is 0 Å². The first-order chi connectivity index (χ1) is 13.6. The van der Waals surface area contributed by atoms with Crippen LogP contribution in [0, 0.1) is 0 Å². The Balaban J connectivity index is 1.51. The van der Waals surface area contributed by atoms with Crippen molar-refractivity contribution in [2.45, 2.75) is 0 Å². The smallest absolute Gasteiger partial charge is 0.255 e. The molecule has 8 heteroatoms. The molecule has 0 unspecified atom stereocenters. The van der Waals surface area contributed by atoms with Gasteiger partial charge in [0.15, 0.2) is 16.6 Å². The predicted octanol–water partition coefficient (Wildman–Crippen LogP) is 4.04. The number of benzene rings is 2. The van der Waals surface area contributed by atoms with Crippen molar-refractivity contribution < 1.29 is 14.3 Å². The lowest BCUT2D eigenvalue weighted by molar-refractivity contribution is 0.0746. The van der Waals surface area contributed by atoms with E-state index < -0.39 is 0 Å². The van der Waals surface area contributed by atoms with Crippen LogP contribution in [0.3, 0.4) is 0 Å². The number of halogens is 1. The summed E-state index contributed by atoms with van der Waals surface area (Å²) in [7, 11) is 3.25. The third-order valence-corrected chi connectivity index (χ3v) is 6.61. The number of hydrogen-bond donors (Lipinski definition) is 0. The van der Waals surface area contributed by atoms with E-state index in [1.165, 1.54) is 0 Å². The van der Waals surface area contributed by atoms with Crippen LogP contribution < -0.4 is 14.4 Å². The third-order valence-electron chi connectivity index (χ3n) is 4.83. The Kier molecular flexibility index (Phi) is 5.41. The average Bonchev–Trinajstić information content (AvgIpc) is 3.17. The van der Waals surface area contributed by atoms with Crippen LogP contribution in [-0.2, 0) is 0 Å². The van der Waals surface area contributed by atoms with Gasteiger partial charge < -0.3 is 19.3 Å². The van der Waals surface area contributed by atoms with E-state index in [-0.39, 0.29) is 5.91 Å². The second kappa shape index (κ2) is 7.97. The maximum absolute atomic E-state index is 12.8. The maximum Gasteiger partial charge on any atom is 0.255 e. The minimum absolute atomic E-state index is 0.0582. The molecule has 0 spiro atoms. The van der Waals surface area contributed by atoms with Crippen molar-refractivity contribution in [1.82, 2.24) is 9.88 Å². The Morgan fingerprint density at radius 3 is 2.50 bits per heavy atom. The first-order valence-electron chi connectivity index (χ1n) is 8.92. The van der Waals surface area contributed by atoms with E-state index in [0.717, 1.165) is 32.9 Å². The third kappa shape index (κ3) is 3.42. The van der Waals surface area contributed by atoms with Crippen LogP contribution in [0.15, 0.2) is 40.9 Å². The van der Waals surface area contributed by atoms with Crippen molar-refractivity contribution in [3.05, 3.63) is 46.4 Å². The Morgan fingerprint density at radius 2 is 1.82 bits per heavy atom. The second-order valence-electron chi connectivity index (χ2n) is 6.40. The quantitative estimate of drug-likeness (QED) is 0.586. The summed E-state index contributed by atoms with van der Waals surface area (Å²) in [4.78, 5) is 21.7. The van der Waals surface area contributed by atoms with Gasteiger partial charge in [0, 0.05) is 30.7 Å². The second-order valence-corrected chi connectivity index (χ2v) is 8.27. The Morgan fingerprint density at radius 1 is 1.07 bits per heavy atom. The number of hydrogen-bond acceptors (Lipinski definition) is 6. The number of rotatable bonds is 4. The molecule has 0 saturated carbocycles. The van der Waals surface area contributed by atoms with Gasteiger partial charge in [-0.15, -0.1) is 0 Å². The van der Waals surface area contributed by atoms with Crippen molar-refractivity contribution in [3.63, 3.8) is 0 Å². The Hall–Kier alpha value is -2.32. The summed E-state index contributed by atoms with van der Waals surface area (Å²) in [5.41, 5.74) is 1.52. The molecule has 0 aliphatic carbocycles. The molecule has 146 valence electrons. The molecule has 6 nitrogen and oxygen atoms in total. The van der Waals surface area contributed by atoms with Crippen molar-refractivity contribution in [1.29, 1.82) is 0 Å². The van der Waals surface area contributed by atoms with Crippen LogP contribution in [0.1, 0.15) is 10.4 Å². The van der Waals surface area contributed by atoms with Crippen LogP contribution in [0.25, 0.3) is 10.2 Å². The number of anilines is 1. The molecule has 1 aliphatic rings. The van der Waals surface area contributed by atoms with Gasteiger partial charge in [0.2, 0.25) is 0 Å². The molecule has 3 aromatic rings. The van der Waals surface area contributed by atoms with Crippen LogP contribution >= 0.6 is 27.3 Å². The lowest BCUT2D eigenvalue weighted by Gasteiger charge is -2.34. The maximum atomic E-state index is 12.8. The van der Waals surface area contributed by atoms with E-state index in [1.54, 1.807) is 25.6 Å². The van der Waals surface area contributed by atoms with Gasteiger partial charge >= 0.3 is 0 Å². The first-order valence-corrected chi connectivity index (χ1v) is 10.5. The summed E-state index contributed by atoms with van der Waals surface area (Å²) >= 11 is 5.10. The molecular weight excluding hydrogens is 442 g/mol. The zero-order valence-corrected chi connectivity index (χ0v) is 18.0. The molecule has 1 aromatic heterocycles. The monoisotopic (exact) mass is 461 g/mol. The van der Waals surface area contributed by atoms with Crippen LogP contribution in [0.5, 0.6) is 11.5 Å². The van der Waals surface area contributed by atoms with Crippen molar-refractivity contribution in [3.8, 4) is 11.5 Å². The molecule has 1 fully saturated rings. The van der Waals surface area contributed by atoms with Gasteiger partial charge in [-0.2, -0.15) is 0 Å². The van der Waals surface area contributed by atoms with Crippen LogP contribution in [0.4, 0.5) is 5.13 Å². The van der Waals surface area contributed by atoms with Gasteiger partial charge in [-0.05, 0) is 40.2 Å². The molecule has 1 amide bonds. The van der Waals surface area contributed by atoms with Gasteiger partial charge in [-0.25, -0.2) is 4.98 Å². The fourth-order valence-corrected chi connectivity index (χ4v) is 4.81. The molecule has 2 heterocycles. The molecule has 0 atom stereocenters. The number of methoxy groups -OCH3 is 2. The number of carbonyl (C=O) groups is 1. The topological polar surface area (TPSA) is 54.9 Å². The van der Waals surface area contributed by atoms with Crippen molar-refractivity contribution >= 4 is 48.5 Å². The summed E-state index contributed by atoms with van der Waals surface area (Å²) in [5, 5.41) is 0.939. The SMILES string of the molecule is COc1ccc2sc(N3CCN(C(=O)c4ccccc4Br)CC3)nc2c1OC. The summed E-state index contributed by atoms with van der Waals surface area (Å²) in [5.74, 6) is 1.39.